The van der Waals surface area contributed by atoms with Crippen molar-refractivity contribution in [1.82, 2.24) is 0 Å². The predicted octanol–water partition coefficient (Wildman–Crippen LogP) is 3.44. The number of aryl methyl sites for hydroxylation is 1. The standard InChI is InChI=1S/C14H20FNO2/c1-4-10(5-2)13(14(17)18)16-12-7-9(3)6-11(15)8-12/h6-8,10,13,16H,4-5H2,1-3H3,(H,17,18). The van der Waals surface area contributed by atoms with Crippen LogP contribution in [0.15, 0.2) is 18.2 Å². The molecule has 0 bridgehead atoms. The predicted molar refractivity (Wildman–Crippen MR) is 70.3 cm³/mol. The molecule has 1 unspecified atom stereocenters. The summed E-state index contributed by atoms with van der Waals surface area (Å²) in [6.07, 6.45) is 1.55. The second-order valence-electron chi connectivity index (χ2n) is 4.55. The Balaban J connectivity index is 2.92. The van der Waals surface area contributed by atoms with Crippen LogP contribution >= 0.6 is 0 Å². The summed E-state index contributed by atoms with van der Waals surface area (Å²) in [6.45, 7) is 5.70. The average Bonchev–Trinajstić information content (AvgIpc) is 2.27. The fourth-order valence-corrected chi connectivity index (χ4v) is 2.14. The van der Waals surface area contributed by atoms with Crippen molar-refractivity contribution in [2.75, 3.05) is 5.32 Å². The Morgan fingerprint density at radius 1 is 1.33 bits per heavy atom. The third-order valence-electron chi connectivity index (χ3n) is 3.15. The number of aliphatic carboxylic acids is 1. The van der Waals surface area contributed by atoms with Crippen molar-refractivity contribution in [3.8, 4) is 0 Å². The third-order valence-corrected chi connectivity index (χ3v) is 3.15. The van der Waals surface area contributed by atoms with Crippen LogP contribution in [0, 0.1) is 18.7 Å². The highest BCUT2D eigenvalue weighted by molar-refractivity contribution is 5.77. The number of carboxylic acid groups (broad SMARTS) is 1. The Kier molecular flexibility index (Phi) is 5.13. The normalized spacial score (nSPS) is 12.5. The van der Waals surface area contributed by atoms with Crippen LogP contribution in [0.4, 0.5) is 10.1 Å². The van der Waals surface area contributed by atoms with Gasteiger partial charge in [0.1, 0.15) is 11.9 Å². The van der Waals surface area contributed by atoms with Gasteiger partial charge in [0, 0.05) is 5.69 Å². The lowest BCUT2D eigenvalue weighted by molar-refractivity contribution is -0.139. The van der Waals surface area contributed by atoms with Crippen molar-refractivity contribution in [2.24, 2.45) is 5.92 Å². The molecular formula is C14H20FNO2. The van der Waals surface area contributed by atoms with Crippen molar-refractivity contribution in [1.29, 1.82) is 0 Å². The van der Waals surface area contributed by atoms with Gasteiger partial charge < -0.3 is 10.4 Å². The summed E-state index contributed by atoms with van der Waals surface area (Å²) in [5.74, 6) is -1.22. The summed E-state index contributed by atoms with van der Waals surface area (Å²) in [7, 11) is 0. The first kappa shape index (κ1) is 14.5. The fourth-order valence-electron chi connectivity index (χ4n) is 2.14. The van der Waals surface area contributed by atoms with E-state index in [0.29, 0.717) is 5.69 Å². The molecule has 0 aliphatic rings. The molecular weight excluding hydrogens is 233 g/mol. The number of anilines is 1. The van der Waals surface area contributed by atoms with Gasteiger partial charge >= 0.3 is 5.97 Å². The highest BCUT2D eigenvalue weighted by Crippen LogP contribution is 2.20. The molecule has 100 valence electrons. The van der Waals surface area contributed by atoms with Gasteiger partial charge in [-0.15, -0.1) is 0 Å². The largest absolute Gasteiger partial charge is 0.480 e. The SMILES string of the molecule is CCC(CC)C(Nc1cc(C)cc(F)c1)C(=O)O. The Labute approximate surface area is 107 Å². The van der Waals surface area contributed by atoms with Crippen molar-refractivity contribution >= 4 is 11.7 Å². The zero-order valence-corrected chi connectivity index (χ0v) is 11.0. The van der Waals surface area contributed by atoms with Crippen LogP contribution in [-0.4, -0.2) is 17.1 Å². The first-order chi connectivity index (χ1) is 8.47. The third kappa shape index (κ3) is 3.72. The zero-order valence-electron chi connectivity index (χ0n) is 11.0. The molecule has 0 aliphatic carbocycles. The summed E-state index contributed by atoms with van der Waals surface area (Å²) in [6, 6.07) is 3.81. The molecule has 1 aromatic rings. The van der Waals surface area contributed by atoms with E-state index in [4.69, 9.17) is 0 Å². The van der Waals surface area contributed by atoms with Crippen molar-refractivity contribution in [3.63, 3.8) is 0 Å². The Morgan fingerprint density at radius 3 is 2.39 bits per heavy atom. The van der Waals surface area contributed by atoms with Gasteiger partial charge in [-0.1, -0.05) is 26.7 Å². The molecule has 0 aromatic heterocycles. The number of nitrogens with one attached hydrogen (secondary N) is 1. The van der Waals surface area contributed by atoms with Crippen LogP contribution < -0.4 is 5.32 Å². The van der Waals surface area contributed by atoms with Crippen molar-refractivity contribution in [3.05, 3.63) is 29.6 Å². The lowest BCUT2D eigenvalue weighted by Gasteiger charge is -2.23. The maximum absolute atomic E-state index is 13.3. The number of benzene rings is 1. The highest BCUT2D eigenvalue weighted by Gasteiger charge is 2.25. The summed E-state index contributed by atoms with van der Waals surface area (Å²) < 4.78 is 13.3. The van der Waals surface area contributed by atoms with Crippen LogP contribution in [-0.2, 0) is 4.79 Å². The minimum absolute atomic E-state index is 0.0334. The molecule has 18 heavy (non-hydrogen) atoms. The maximum Gasteiger partial charge on any atom is 0.326 e. The van der Waals surface area contributed by atoms with E-state index in [0.717, 1.165) is 18.4 Å². The number of carbonyl (C=O) groups is 1. The molecule has 1 rings (SSSR count). The summed E-state index contributed by atoms with van der Waals surface area (Å²) in [5.41, 5.74) is 1.29. The summed E-state index contributed by atoms with van der Waals surface area (Å²) in [4.78, 5) is 11.3. The molecule has 0 aliphatic heterocycles. The minimum Gasteiger partial charge on any atom is -0.480 e. The smallest absolute Gasteiger partial charge is 0.326 e. The van der Waals surface area contributed by atoms with E-state index in [9.17, 15) is 14.3 Å². The first-order valence-electron chi connectivity index (χ1n) is 6.24. The number of carboxylic acids is 1. The van der Waals surface area contributed by atoms with Crippen molar-refractivity contribution in [2.45, 2.75) is 39.7 Å². The molecule has 0 heterocycles. The van der Waals surface area contributed by atoms with E-state index in [1.165, 1.54) is 12.1 Å². The molecule has 4 heteroatoms. The topological polar surface area (TPSA) is 49.3 Å². The van der Waals surface area contributed by atoms with Gasteiger partial charge in [-0.3, -0.25) is 0 Å². The van der Waals surface area contributed by atoms with Crippen LogP contribution in [0.2, 0.25) is 0 Å². The van der Waals surface area contributed by atoms with E-state index < -0.39 is 12.0 Å². The molecule has 0 saturated heterocycles. The Hall–Kier alpha value is -1.58. The second kappa shape index (κ2) is 6.38. The average molecular weight is 253 g/mol. The lowest BCUT2D eigenvalue weighted by Crippen LogP contribution is -2.36. The van der Waals surface area contributed by atoms with Gasteiger partial charge in [-0.2, -0.15) is 0 Å². The molecule has 0 spiro atoms. The minimum atomic E-state index is -0.898. The molecule has 0 radical (unpaired) electrons. The number of hydrogen-bond donors (Lipinski definition) is 2. The van der Waals surface area contributed by atoms with Crippen molar-refractivity contribution < 1.29 is 14.3 Å². The number of rotatable bonds is 6. The summed E-state index contributed by atoms with van der Waals surface area (Å²) >= 11 is 0. The van der Waals surface area contributed by atoms with E-state index >= 15 is 0 Å². The fraction of sp³-hybridized carbons (Fsp3) is 0.500. The van der Waals surface area contributed by atoms with Crippen LogP contribution in [0.3, 0.4) is 0 Å². The van der Waals surface area contributed by atoms with Gasteiger partial charge in [-0.05, 0) is 36.6 Å². The Morgan fingerprint density at radius 2 is 1.94 bits per heavy atom. The second-order valence-corrected chi connectivity index (χ2v) is 4.55. The van der Waals surface area contributed by atoms with E-state index in [1.54, 1.807) is 13.0 Å². The maximum atomic E-state index is 13.3. The molecule has 2 N–H and O–H groups in total. The van der Waals surface area contributed by atoms with Crippen LogP contribution in [0.1, 0.15) is 32.3 Å². The zero-order chi connectivity index (χ0) is 13.7. The van der Waals surface area contributed by atoms with Gasteiger partial charge in [0.25, 0.3) is 0 Å². The van der Waals surface area contributed by atoms with Gasteiger partial charge in [-0.25, -0.2) is 9.18 Å². The first-order valence-corrected chi connectivity index (χ1v) is 6.24. The van der Waals surface area contributed by atoms with E-state index in [-0.39, 0.29) is 11.7 Å². The molecule has 3 nitrogen and oxygen atoms in total. The van der Waals surface area contributed by atoms with E-state index in [1.807, 2.05) is 13.8 Å². The van der Waals surface area contributed by atoms with Gasteiger partial charge in [0.15, 0.2) is 0 Å². The molecule has 0 saturated carbocycles. The van der Waals surface area contributed by atoms with Crippen LogP contribution in [0.5, 0.6) is 0 Å². The Bertz CT molecular complexity index is 396. The lowest BCUT2D eigenvalue weighted by atomic mass is 9.94. The summed E-state index contributed by atoms with van der Waals surface area (Å²) in [5, 5.41) is 12.2. The number of hydrogen-bond acceptors (Lipinski definition) is 2. The van der Waals surface area contributed by atoms with E-state index in [2.05, 4.69) is 5.32 Å². The quantitative estimate of drug-likeness (QED) is 0.816. The monoisotopic (exact) mass is 253 g/mol. The molecule has 0 fully saturated rings. The molecule has 1 aromatic carbocycles. The molecule has 1 atom stereocenters. The molecule has 0 amide bonds. The number of halogens is 1. The van der Waals surface area contributed by atoms with Gasteiger partial charge in [0.05, 0.1) is 0 Å². The van der Waals surface area contributed by atoms with Gasteiger partial charge in [0.2, 0.25) is 0 Å². The highest BCUT2D eigenvalue weighted by atomic mass is 19.1. The van der Waals surface area contributed by atoms with Crippen LogP contribution in [0.25, 0.3) is 0 Å².